The van der Waals surface area contributed by atoms with Crippen LogP contribution in [0.1, 0.15) is 17.8 Å². The first-order valence-electron chi connectivity index (χ1n) is 8.62. The van der Waals surface area contributed by atoms with Crippen LogP contribution < -0.4 is 5.32 Å². The smallest absolute Gasteiger partial charge is 0.193 e. The molecule has 0 amide bonds. The molecule has 1 N–H and O–H groups in total. The van der Waals surface area contributed by atoms with Gasteiger partial charge in [-0.1, -0.05) is 29.8 Å². The highest BCUT2D eigenvalue weighted by Gasteiger charge is 2.08. The average molecular weight is 371 g/mol. The summed E-state index contributed by atoms with van der Waals surface area (Å²) < 4.78 is 2.03. The molecule has 0 saturated carbocycles. The second-order valence-corrected chi connectivity index (χ2v) is 6.54. The maximum absolute atomic E-state index is 5.94. The van der Waals surface area contributed by atoms with Gasteiger partial charge in [-0.3, -0.25) is 9.39 Å². The predicted molar refractivity (Wildman–Crippen MR) is 106 cm³/mol. The number of hydrogen-bond donors (Lipinski definition) is 1. The molecule has 0 aliphatic rings. The fourth-order valence-corrected chi connectivity index (χ4v) is 2.96. The first kappa shape index (κ1) is 18.2. The molecule has 136 valence electrons. The Hall–Kier alpha value is -2.60. The van der Waals surface area contributed by atoms with E-state index in [2.05, 4.69) is 25.4 Å². The van der Waals surface area contributed by atoms with Gasteiger partial charge in [-0.05, 0) is 36.2 Å². The van der Waals surface area contributed by atoms with Crippen molar-refractivity contribution < 1.29 is 0 Å². The van der Waals surface area contributed by atoms with Crippen LogP contribution >= 0.6 is 11.6 Å². The van der Waals surface area contributed by atoms with Gasteiger partial charge < -0.3 is 10.2 Å². The molecule has 0 bridgehead atoms. The van der Waals surface area contributed by atoms with E-state index in [1.54, 1.807) is 7.05 Å². The standard InChI is InChI=1S/C19H23ClN6/c1-21-19(25(2)14-15-8-10-16(20)11-9-15)22-12-5-7-18-24-23-17-6-3-4-13-26(17)18/h3-4,6,8-11,13H,5,7,12,14H2,1-2H3,(H,21,22). The number of nitrogens with one attached hydrogen (secondary N) is 1. The highest BCUT2D eigenvalue weighted by molar-refractivity contribution is 6.30. The molecule has 0 aliphatic carbocycles. The highest BCUT2D eigenvalue weighted by Crippen LogP contribution is 2.11. The van der Waals surface area contributed by atoms with E-state index in [9.17, 15) is 0 Å². The van der Waals surface area contributed by atoms with Gasteiger partial charge in [0.2, 0.25) is 0 Å². The Kier molecular flexibility index (Phi) is 6.07. The highest BCUT2D eigenvalue weighted by atomic mass is 35.5. The Morgan fingerprint density at radius 3 is 2.77 bits per heavy atom. The number of hydrogen-bond acceptors (Lipinski definition) is 3. The number of aromatic nitrogens is 3. The van der Waals surface area contributed by atoms with Crippen LogP contribution in [0.2, 0.25) is 5.02 Å². The SMILES string of the molecule is CN=C(NCCCc1nnc2ccccn12)N(C)Cc1ccc(Cl)cc1. The van der Waals surface area contributed by atoms with E-state index >= 15 is 0 Å². The van der Waals surface area contributed by atoms with Crippen LogP contribution in [0.15, 0.2) is 53.7 Å². The Morgan fingerprint density at radius 2 is 2.00 bits per heavy atom. The summed E-state index contributed by atoms with van der Waals surface area (Å²) in [4.78, 5) is 6.45. The topological polar surface area (TPSA) is 57.8 Å². The van der Waals surface area contributed by atoms with Crippen molar-refractivity contribution in [1.82, 2.24) is 24.8 Å². The third-order valence-electron chi connectivity index (χ3n) is 4.15. The van der Waals surface area contributed by atoms with Crippen molar-refractivity contribution in [3.8, 4) is 0 Å². The van der Waals surface area contributed by atoms with E-state index in [-0.39, 0.29) is 0 Å². The van der Waals surface area contributed by atoms with Crippen LogP contribution in [0.4, 0.5) is 0 Å². The van der Waals surface area contributed by atoms with Crippen molar-refractivity contribution in [2.24, 2.45) is 4.99 Å². The van der Waals surface area contributed by atoms with Gasteiger partial charge in [0, 0.05) is 44.8 Å². The Labute approximate surface area is 158 Å². The minimum Gasteiger partial charge on any atom is -0.356 e. The molecule has 0 radical (unpaired) electrons. The Morgan fingerprint density at radius 1 is 1.19 bits per heavy atom. The number of pyridine rings is 1. The molecule has 6 nitrogen and oxygen atoms in total. The minimum atomic E-state index is 0.750. The number of aliphatic imine (C=N–C) groups is 1. The summed E-state index contributed by atoms with van der Waals surface area (Å²) in [7, 11) is 3.82. The molecule has 26 heavy (non-hydrogen) atoms. The van der Waals surface area contributed by atoms with Crippen LogP contribution in [0.25, 0.3) is 5.65 Å². The van der Waals surface area contributed by atoms with Crippen molar-refractivity contribution in [2.45, 2.75) is 19.4 Å². The van der Waals surface area contributed by atoms with Gasteiger partial charge in [0.15, 0.2) is 11.6 Å². The zero-order valence-electron chi connectivity index (χ0n) is 15.1. The largest absolute Gasteiger partial charge is 0.356 e. The molecule has 0 saturated heterocycles. The Balaban J connectivity index is 1.48. The number of nitrogens with zero attached hydrogens (tertiary/aromatic N) is 5. The second-order valence-electron chi connectivity index (χ2n) is 6.11. The van der Waals surface area contributed by atoms with Gasteiger partial charge in [0.05, 0.1) is 0 Å². The average Bonchev–Trinajstić information content (AvgIpc) is 3.07. The summed E-state index contributed by atoms with van der Waals surface area (Å²) in [5.41, 5.74) is 2.07. The summed E-state index contributed by atoms with van der Waals surface area (Å²) >= 11 is 5.94. The normalized spacial score (nSPS) is 11.7. The van der Waals surface area contributed by atoms with Gasteiger partial charge >= 0.3 is 0 Å². The number of aryl methyl sites for hydroxylation is 1. The lowest BCUT2D eigenvalue weighted by molar-refractivity contribution is 0.475. The van der Waals surface area contributed by atoms with Gasteiger partial charge in [0.1, 0.15) is 5.82 Å². The number of halogens is 1. The van der Waals surface area contributed by atoms with Crippen LogP contribution in [0.3, 0.4) is 0 Å². The summed E-state index contributed by atoms with van der Waals surface area (Å²) in [5.74, 6) is 1.85. The van der Waals surface area contributed by atoms with Crippen molar-refractivity contribution in [2.75, 3.05) is 20.6 Å². The molecule has 7 heteroatoms. The van der Waals surface area contributed by atoms with E-state index in [1.165, 1.54) is 5.56 Å². The molecule has 3 rings (SSSR count). The second kappa shape index (κ2) is 8.67. The minimum absolute atomic E-state index is 0.750. The zero-order chi connectivity index (χ0) is 18.4. The first-order valence-corrected chi connectivity index (χ1v) is 9.00. The predicted octanol–water partition coefficient (Wildman–Crippen LogP) is 3.02. The molecule has 0 aliphatic heterocycles. The molecular formula is C19H23ClN6. The molecular weight excluding hydrogens is 348 g/mol. The van der Waals surface area contributed by atoms with Crippen LogP contribution in [-0.4, -0.2) is 46.1 Å². The maximum atomic E-state index is 5.94. The van der Waals surface area contributed by atoms with Crippen LogP contribution in [-0.2, 0) is 13.0 Å². The van der Waals surface area contributed by atoms with Crippen LogP contribution in [0, 0.1) is 0 Å². The van der Waals surface area contributed by atoms with E-state index in [0.717, 1.165) is 48.4 Å². The summed E-state index contributed by atoms with van der Waals surface area (Å²) in [6.07, 6.45) is 3.80. The van der Waals surface area contributed by atoms with Crippen LogP contribution in [0.5, 0.6) is 0 Å². The van der Waals surface area contributed by atoms with Crippen molar-refractivity contribution in [1.29, 1.82) is 0 Å². The third-order valence-corrected chi connectivity index (χ3v) is 4.40. The van der Waals surface area contributed by atoms with Gasteiger partial charge in [-0.2, -0.15) is 0 Å². The van der Waals surface area contributed by atoms with Crippen molar-refractivity contribution in [3.05, 3.63) is 65.1 Å². The lowest BCUT2D eigenvalue weighted by Crippen LogP contribution is -2.39. The molecule has 3 aromatic rings. The molecule has 1 aromatic carbocycles. The maximum Gasteiger partial charge on any atom is 0.193 e. The number of fused-ring (bicyclic) bond motifs is 1. The zero-order valence-corrected chi connectivity index (χ0v) is 15.8. The molecule has 2 aromatic heterocycles. The monoisotopic (exact) mass is 370 g/mol. The lowest BCUT2D eigenvalue weighted by Gasteiger charge is -2.22. The fraction of sp³-hybridized carbons (Fsp3) is 0.316. The molecule has 0 atom stereocenters. The fourth-order valence-electron chi connectivity index (χ4n) is 2.83. The Bertz CT molecular complexity index is 871. The summed E-state index contributed by atoms with van der Waals surface area (Å²) in [6.45, 7) is 1.59. The number of rotatable bonds is 6. The summed E-state index contributed by atoms with van der Waals surface area (Å²) in [6, 6.07) is 13.8. The molecule has 0 fully saturated rings. The lowest BCUT2D eigenvalue weighted by atomic mass is 10.2. The molecule has 0 spiro atoms. The van der Waals surface area contributed by atoms with Crippen molar-refractivity contribution >= 4 is 23.2 Å². The molecule has 0 unspecified atom stereocenters. The van der Waals surface area contributed by atoms with Gasteiger partial charge in [-0.25, -0.2) is 0 Å². The quantitative estimate of drug-likeness (QED) is 0.411. The van der Waals surface area contributed by atoms with Crippen molar-refractivity contribution in [3.63, 3.8) is 0 Å². The third kappa shape index (κ3) is 4.52. The number of benzene rings is 1. The van der Waals surface area contributed by atoms with E-state index in [1.807, 2.05) is 60.1 Å². The summed E-state index contributed by atoms with van der Waals surface area (Å²) in [5, 5.41) is 12.6. The number of guanidine groups is 1. The molecule has 2 heterocycles. The van der Waals surface area contributed by atoms with Gasteiger partial charge in [0.25, 0.3) is 0 Å². The first-order chi connectivity index (χ1) is 12.7. The van der Waals surface area contributed by atoms with E-state index < -0.39 is 0 Å². The van der Waals surface area contributed by atoms with Gasteiger partial charge in [-0.15, -0.1) is 10.2 Å². The van der Waals surface area contributed by atoms with E-state index in [4.69, 9.17) is 11.6 Å². The van der Waals surface area contributed by atoms with E-state index in [0.29, 0.717) is 0 Å².